The largest absolute Gasteiger partial charge is 0.377 e. The van der Waals surface area contributed by atoms with E-state index in [0.29, 0.717) is 5.96 Å². The third-order valence-electron chi connectivity index (χ3n) is 2.58. The number of hydrogen-bond donors (Lipinski definition) is 3. The van der Waals surface area contributed by atoms with Crippen molar-refractivity contribution in [2.75, 3.05) is 30.9 Å². The van der Waals surface area contributed by atoms with Crippen LogP contribution in [0.3, 0.4) is 0 Å². The molecule has 0 atom stereocenters. The predicted octanol–water partition coefficient (Wildman–Crippen LogP) is 1.70. The lowest BCUT2D eigenvalue weighted by Gasteiger charge is -2.17. The van der Waals surface area contributed by atoms with Crippen molar-refractivity contribution in [3.05, 3.63) is 23.8 Å². The Morgan fingerprint density at radius 1 is 1.39 bits per heavy atom. The van der Waals surface area contributed by atoms with Crippen LogP contribution >= 0.6 is 0 Å². The SMILES string of the molecule is CCCN=C(NN)Nc1ccc(C)c(N(C)C)c1. The molecule has 1 aromatic rings. The summed E-state index contributed by atoms with van der Waals surface area (Å²) in [5.74, 6) is 6.02. The number of hydrogen-bond acceptors (Lipinski definition) is 3. The van der Waals surface area contributed by atoms with Gasteiger partial charge in [0.2, 0.25) is 5.96 Å². The van der Waals surface area contributed by atoms with Gasteiger partial charge in [0.25, 0.3) is 0 Å². The van der Waals surface area contributed by atoms with Crippen molar-refractivity contribution >= 4 is 17.3 Å². The maximum Gasteiger partial charge on any atom is 0.210 e. The number of nitrogens with two attached hydrogens (primary N) is 1. The number of anilines is 2. The second-order valence-electron chi connectivity index (χ2n) is 4.40. The van der Waals surface area contributed by atoms with Gasteiger partial charge in [-0.3, -0.25) is 10.4 Å². The summed E-state index contributed by atoms with van der Waals surface area (Å²) in [6.07, 6.45) is 0.990. The molecule has 0 aromatic heterocycles. The highest BCUT2D eigenvalue weighted by atomic mass is 15.3. The fourth-order valence-corrected chi connectivity index (χ4v) is 1.65. The van der Waals surface area contributed by atoms with Gasteiger partial charge in [-0.1, -0.05) is 13.0 Å². The maximum atomic E-state index is 5.44. The first kappa shape index (κ1) is 14.3. The fourth-order valence-electron chi connectivity index (χ4n) is 1.65. The van der Waals surface area contributed by atoms with E-state index >= 15 is 0 Å². The van der Waals surface area contributed by atoms with Crippen LogP contribution in [-0.4, -0.2) is 26.6 Å². The predicted molar refractivity (Wildman–Crippen MR) is 79.0 cm³/mol. The average molecular weight is 249 g/mol. The minimum absolute atomic E-state index is 0.588. The van der Waals surface area contributed by atoms with Crippen LogP contribution in [0.15, 0.2) is 23.2 Å². The van der Waals surface area contributed by atoms with E-state index in [-0.39, 0.29) is 0 Å². The van der Waals surface area contributed by atoms with Gasteiger partial charge in [0, 0.05) is 32.0 Å². The standard InChI is InChI=1S/C13H23N5/c1-5-8-15-13(17-14)16-11-7-6-10(2)12(9-11)18(3)4/h6-7,9H,5,8,14H2,1-4H3,(H2,15,16,17). The van der Waals surface area contributed by atoms with Gasteiger partial charge >= 0.3 is 0 Å². The Balaban J connectivity index is 2.87. The third kappa shape index (κ3) is 3.92. The molecule has 0 aliphatic carbocycles. The monoisotopic (exact) mass is 249 g/mol. The van der Waals surface area contributed by atoms with E-state index in [0.717, 1.165) is 18.7 Å². The van der Waals surface area contributed by atoms with Crippen LogP contribution in [0.4, 0.5) is 11.4 Å². The number of nitrogens with zero attached hydrogens (tertiary/aromatic N) is 2. The topological polar surface area (TPSA) is 65.7 Å². The summed E-state index contributed by atoms with van der Waals surface area (Å²) in [6, 6.07) is 6.17. The van der Waals surface area contributed by atoms with Gasteiger partial charge < -0.3 is 10.2 Å². The van der Waals surface area contributed by atoms with Gasteiger partial charge in [-0.05, 0) is 31.0 Å². The summed E-state index contributed by atoms with van der Waals surface area (Å²) in [5.41, 5.74) is 5.95. The van der Waals surface area contributed by atoms with Crippen LogP contribution in [-0.2, 0) is 0 Å². The van der Waals surface area contributed by atoms with E-state index in [9.17, 15) is 0 Å². The Morgan fingerprint density at radius 2 is 2.11 bits per heavy atom. The van der Waals surface area contributed by atoms with E-state index in [4.69, 9.17) is 5.84 Å². The highest BCUT2D eigenvalue weighted by molar-refractivity contribution is 5.93. The molecule has 18 heavy (non-hydrogen) atoms. The molecule has 0 bridgehead atoms. The van der Waals surface area contributed by atoms with Gasteiger partial charge in [0.15, 0.2) is 0 Å². The second kappa shape index (κ2) is 6.86. The van der Waals surface area contributed by atoms with E-state index in [1.165, 1.54) is 11.3 Å². The van der Waals surface area contributed by atoms with Gasteiger partial charge in [-0.25, -0.2) is 5.84 Å². The lowest BCUT2D eigenvalue weighted by Crippen LogP contribution is -2.36. The molecular weight excluding hydrogens is 226 g/mol. The normalized spacial score (nSPS) is 11.3. The summed E-state index contributed by atoms with van der Waals surface area (Å²) in [6.45, 7) is 4.92. The van der Waals surface area contributed by atoms with Gasteiger partial charge in [0.1, 0.15) is 0 Å². The molecule has 5 nitrogen and oxygen atoms in total. The lowest BCUT2D eigenvalue weighted by molar-refractivity contribution is 0.905. The fraction of sp³-hybridized carbons (Fsp3) is 0.462. The highest BCUT2D eigenvalue weighted by Crippen LogP contribution is 2.22. The van der Waals surface area contributed by atoms with Gasteiger partial charge in [-0.2, -0.15) is 0 Å². The van der Waals surface area contributed by atoms with Crippen molar-refractivity contribution in [2.24, 2.45) is 10.8 Å². The molecule has 0 saturated carbocycles. The zero-order valence-electron chi connectivity index (χ0n) is 11.6. The highest BCUT2D eigenvalue weighted by Gasteiger charge is 2.03. The van der Waals surface area contributed by atoms with Crippen LogP contribution in [0, 0.1) is 6.92 Å². The van der Waals surface area contributed by atoms with E-state index in [1.807, 2.05) is 20.2 Å². The van der Waals surface area contributed by atoms with Crippen molar-refractivity contribution in [3.63, 3.8) is 0 Å². The first-order chi connectivity index (χ1) is 8.58. The average Bonchev–Trinajstić information content (AvgIpc) is 2.36. The van der Waals surface area contributed by atoms with Crippen LogP contribution in [0.25, 0.3) is 0 Å². The molecule has 0 fully saturated rings. The zero-order valence-corrected chi connectivity index (χ0v) is 11.6. The van der Waals surface area contributed by atoms with Crippen molar-refractivity contribution in [2.45, 2.75) is 20.3 Å². The summed E-state index contributed by atoms with van der Waals surface area (Å²) < 4.78 is 0. The zero-order chi connectivity index (χ0) is 13.5. The molecule has 0 aliphatic rings. The molecule has 0 radical (unpaired) electrons. The first-order valence-corrected chi connectivity index (χ1v) is 6.14. The molecule has 1 aromatic carbocycles. The Labute approximate surface area is 109 Å². The molecule has 0 amide bonds. The number of hydrazine groups is 1. The Hall–Kier alpha value is -1.75. The molecular formula is C13H23N5. The van der Waals surface area contributed by atoms with Crippen LogP contribution in [0.1, 0.15) is 18.9 Å². The lowest BCUT2D eigenvalue weighted by atomic mass is 10.1. The van der Waals surface area contributed by atoms with Crippen molar-refractivity contribution < 1.29 is 0 Å². The van der Waals surface area contributed by atoms with Crippen molar-refractivity contribution in [1.29, 1.82) is 0 Å². The summed E-state index contributed by atoms with van der Waals surface area (Å²) in [7, 11) is 4.05. The first-order valence-electron chi connectivity index (χ1n) is 6.14. The molecule has 0 spiro atoms. The van der Waals surface area contributed by atoms with Crippen LogP contribution in [0.5, 0.6) is 0 Å². The second-order valence-corrected chi connectivity index (χ2v) is 4.40. The molecule has 1 rings (SSSR count). The molecule has 0 heterocycles. The summed E-state index contributed by atoms with van der Waals surface area (Å²) in [4.78, 5) is 6.39. The minimum atomic E-state index is 0.588. The number of guanidine groups is 1. The number of aryl methyl sites for hydroxylation is 1. The Morgan fingerprint density at radius 3 is 2.67 bits per heavy atom. The molecule has 4 N–H and O–H groups in total. The van der Waals surface area contributed by atoms with Gasteiger partial charge in [0.05, 0.1) is 0 Å². The van der Waals surface area contributed by atoms with Crippen LogP contribution in [0.2, 0.25) is 0 Å². The number of rotatable bonds is 4. The number of benzene rings is 1. The quantitative estimate of drug-likeness (QED) is 0.329. The summed E-state index contributed by atoms with van der Waals surface area (Å²) >= 11 is 0. The Bertz CT molecular complexity index is 412. The van der Waals surface area contributed by atoms with E-state index < -0.39 is 0 Å². The molecule has 5 heteroatoms. The molecule has 100 valence electrons. The number of nitrogens with one attached hydrogen (secondary N) is 2. The van der Waals surface area contributed by atoms with Crippen molar-refractivity contribution in [1.82, 2.24) is 5.43 Å². The molecule has 0 unspecified atom stereocenters. The van der Waals surface area contributed by atoms with Crippen molar-refractivity contribution in [3.8, 4) is 0 Å². The maximum absolute atomic E-state index is 5.44. The summed E-state index contributed by atoms with van der Waals surface area (Å²) in [5, 5.41) is 3.17. The van der Waals surface area contributed by atoms with E-state index in [1.54, 1.807) is 0 Å². The minimum Gasteiger partial charge on any atom is -0.377 e. The molecule has 0 aliphatic heterocycles. The van der Waals surface area contributed by atoms with E-state index in [2.05, 4.69) is 46.6 Å². The third-order valence-corrected chi connectivity index (χ3v) is 2.58. The number of aliphatic imine (C=N–C) groups is 1. The smallest absolute Gasteiger partial charge is 0.210 e. The molecule has 0 saturated heterocycles. The Kier molecular flexibility index (Phi) is 5.45. The van der Waals surface area contributed by atoms with Crippen LogP contribution < -0.4 is 21.5 Å². The van der Waals surface area contributed by atoms with Gasteiger partial charge in [-0.15, -0.1) is 0 Å².